The number of nitriles is 1. The van der Waals surface area contributed by atoms with E-state index in [1.165, 1.54) is 5.56 Å². The molecule has 0 bridgehead atoms. The maximum Gasteiger partial charge on any atom is 0.239 e. The average Bonchev–Trinajstić information content (AvgIpc) is 2.75. The Balaban J connectivity index is 1.59. The molecule has 0 atom stereocenters. The fraction of sp³-hybridized carbons (Fsp3) is 0.348. The maximum absolute atomic E-state index is 13.1. The van der Waals surface area contributed by atoms with Crippen LogP contribution in [0.4, 0.5) is 5.69 Å². The molecule has 1 heterocycles. The lowest BCUT2D eigenvalue weighted by atomic mass is 9.89. The van der Waals surface area contributed by atoms with Gasteiger partial charge in [-0.1, -0.05) is 42.5 Å². The van der Waals surface area contributed by atoms with Gasteiger partial charge in [-0.05, 0) is 31.5 Å². The Kier molecular flexibility index (Phi) is 6.30. The molecule has 1 saturated heterocycles. The normalized spacial score (nSPS) is 14.9. The monoisotopic (exact) mass is 390 g/mol. The van der Waals surface area contributed by atoms with E-state index in [-0.39, 0.29) is 5.91 Å². The SMILES string of the molecule is CC(C)(C(=O)Nc1ccccc1C#N)C(=O)N1CCN(Cc2ccccc2)CC1. The number of nitrogens with one attached hydrogen (secondary N) is 1. The molecule has 2 aromatic carbocycles. The predicted molar refractivity (Wildman–Crippen MR) is 112 cm³/mol. The summed E-state index contributed by atoms with van der Waals surface area (Å²) in [7, 11) is 0. The molecule has 6 heteroatoms. The van der Waals surface area contributed by atoms with Crippen molar-refractivity contribution in [2.24, 2.45) is 5.41 Å². The third-order valence-electron chi connectivity index (χ3n) is 5.31. The van der Waals surface area contributed by atoms with Crippen LogP contribution in [-0.4, -0.2) is 47.8 Å². The second kappa shape index (κ2) is 8.89. The number of rotatable bonds is 5. The van der Waals surface area contributed by atoms with Crippen molar-refractivity contribution in [3.8, 4) is 6.07 Å². The standard InChI is InChI=1S/C23H26N4O2/c1-23(2,21(28)25-20-11-7-6-10-19(20)16-24)22(29)27-14-12-26(13-15-27)17-18-8-4-3-5-9-18/h3-11H,12-15,17H2,1-2H3,(H,25,28). The zero-order valence-corrected chi connectivity index (χ0v) is 16.9. The molecule has 0 aliphatic carbocycles. The van der Waals surface area contributed by atoms with Crippen LogP contribution in [0, 0.1) is 16.7 Å². The zero-order valence-electron chi connectivity index (χ0n) is 16.9. The number of nitrogens with zero attached hydrogens (tertiary/aromatic N) is 3. The van der Waals surface area contributed by atoms with Gasteiger partial charge in [0.2, 0.25) is 11.8 Å². The van der Waals surface area contributed by atoms with E-state index in [1.807, 2.05) is 18.2 Å². The van der Waals surface area contributed by atoms with Crippen LogP contribution in [0.15, 0.2) is 54.6 Å². The fourth-order valence-electron chi connectivity index (χ4n) is 3.41. The summed E-state index contributed by atoms with van der Waals surface area (Å²) in [6.45, 7) is 6.86. The summed E-state index contributed by atoms with van der Waals surface area (Å²) >= 11 is 0. The van der Waals surface area contributed by atoms with Crippen molar-refractivity contribution in [1.82, 2.24) is 9.80 Å². The first-order valence-corrected chi connectivity index (χ1v) is 9.78. The van der Waals surface area contributed by atoms with Crippen molar-refractivity contribution in [2.45, 2.75) is 20.4 Å². The van der Waals surface area contributed by atoms with Crippen molar-refractivity contribution in [2.75, 3.05) is 31.5 Å². The van der Waals surface area contributed by atoms with Gasteiger partial charge in [0.15, 0.2) is 0 Å². The lowest BCUT2D eigenvalue weighted by molar-refractivity contribution is -0.147. The van der Waals surface area contributed by atoms with Crippen molar-refractivity contribution in [3.63, 3.8) is 0 Å². The van der Waals surface area contributed by atoms with Crippen LogP contribution < -0.4 is 5.32 Å². The highest BCUT2D eigenvalue weighted by Gasteiger charge is 2.40. The van der Waals surface area contributed by atoms with Gasteiger partial charge in [-0.2, -0.15) is 5.26 Å². The highest BCUT2D eigenvalue weighted by molar-refractivity contribution is 6.10. The van der Waals surface area contributed by atoms with Gasteiger partial charge in [0, 0.05) is 32.7 Å². The number of piperazine rings is 1. The summed E-state index contributed by atoms with van der Waals surface area (Å²) in [5.74, 6) is -0.597. The summed E-state index contributed by atoms with van der Waals surface area (Å²) in [4.78, 5) is 29.9. The Labute approximate surface area is 171 Å². The van der Waals surface area contributed by atoms with E-state index in [0.29, 0.717) is 24.3 Å². The van der Waals surface area contributed by atoms with Crippen LogP contribution in [0.5, 0.6) is 0 Å². The minimum atomic E-state index is -1.22. The largest absolute Gasteiger partial charge is 0.339 e. The molecule has 2 aromatic rings. The van der Waals surface area contributed by atoms with Crippen LogP contribution in [0.2, 0.25) is 0 Å². The Morgan fingerprint density at radius 1 is 1.00 bits per heavy atom. The van der Waals surface area contributed by atoms with Crippen LogP contribution in [0.25, 0.3) is 0 Å². The molecule has 1 fully saturated rings. The van der Waals surface area contributed by atoms with E-state index >= 15 is 0 Å². The number of amides is 2. The van der Waals surface area contributed by atoms with Gasteiger partial charge >= 0.3 is 0 Å². The van der Waals surface area contributed by atoms with Crippen LogP contribution >= 0.6 is 0 Å². The zero-order chi connectivity index (χ0) is 20.9. The molecule has 150 valence electrons. The molecule has 3 rings (SSSR count). The van der Waals surface area contributed by atoms with E-state index in [1.54, 1.807) is 43.0 Å². The van der Waals surface area contributed by atoms with Gasteiger partial charge in [0.1, 0.15) is 11.5 Å². The average molecular weight is 390 g/mol. The second-order valence-electron chi connectivity index (χ2n) is 7.79. The fourth-order valence-corrected chi connectivity index (χ4v) is 3.41. The van der Waals surface area contributed by atoms with E-state index in [0.717, 1.165) is 19.6 Å². The first kappa shape index (κ1) is 20.6. The molecular weight excluding hydrogens is 364 g/mol. The number of hydrogen-bond donors (Lipinski definition) is 1. The summed E-state index contributed by atoms with van der Waals surface area (Å²) in [6, 6.07) is 19.1. The Morgan fingerprint density at radius 3 is 2.28 bits per heavy atom. The van der Waals surface area contributed by atoms with Crippen LogP contribution in [-0.2, 0) is 16.1 Å². The highest BCUT2D eigenvalue weighted by Crippen LogP contribution is 2.24. The maximum atomic E-state index is 13.1. The number of anilines is 1. The molecule has 0 spiro atoms. The van der Waals surface area contributed by atoms with Gasteiger partial charge in [0.05, 0.1) is 11.3 Å². The molecule has 0 aromatic heterocycles. The lowest BCUT2D eigenvalue weighted by Gasteiger charge is -2.38. The minimum Gasteiger partial charge on any atom is -0.339 e. The number of hydrogen-bond acceptors (Lipinski definition) is 4. The summed E-state index contributed by atoms with van der Waals surface area (Å²) in [5, 5.41) is 11.9. The molecule has 6 nitrogen and oxygen atoms in total. The number of benzene rings is 2. The van der Waals surface area contributed by atoms with Gasteiger partial charge in [-0.15, -0.1) is 0 Å². The summed E-state index contributed by atoms with van der Waals surface area (Å²) in [5.41, 5.74) is 0.833. The van der Waals surface area contributed by atoms with Gasteiger partial charge in [-0.3, -0.25) is 14.5 Å². The van der Waals surface area contributed by atoms with E-state index < -0.39 is 11.3 Å². The minimum absolute atomic E-state index is 0.191. The van der Waals surface area contributed by atoms with Gasteiger partial charge in [0.25, 0.3) is 0 Å². The lowest BCUT2D eigenvalue weighted by Crippen LogP contribution is -2.54. The third kappa shape index (κ3) is 4.82. The van der Waals surface area contributed by atoms with Crippen LogP contribution in [0.1, 0.15) is 25.0 Å². The second-order valence-corrected chi connectivity index (χ2v) is 7.79. The molecule has 0 saturated carbocycles. The Morgan fingerprint density at radius 2 is 1.62 bits per heavy atom. The molecular formula is C23H26N4O2. The number of carbonyl (C=O) groups excluding carboxylic acids is 2. The Hall–Kier alpha value is -3.17. The van der Waals surface area contributed by atoms with Gasteiger partial charge in [-0.25, -0.2) is 0 Å². The number of carbonyl (C=O) groups is 2. The Bertz CT molecular complexity index is 910. The molecule has 1 N–H and O–H groups in total. The molecule has 2 amide bonds. The smallest absolute Gasteiger partial charge is 0.239 e. The van der Waals surface area contributed by atoms with Crippen molar-refractivity contribution in [3.05, 3.63) is 65.7 Å². The van der Waals surface area contributed by atoms with E-state index in [9.17, 15) is 14.9 Å². The molecule has 0 unspecified atom stereocenters. The molecule has 1 aliphatic rings. The highest BCUT2D eigenvalue weighted by atomic mass is 16.2. The van der Waals surface area contributed by atoms with Crippen LogP contribution in [0.3, 0.4) is 0 Å². The number of para-hydroxylation sites is 1. The summed E-state index contributed by atoms with van der Waals surface area (Å²) in [6.07, 6.45) is 0. The van der Waals surface area contributed by atoms with Crippen molar-refractivity contribution >= 4 is 17.5 Å². The van der Waals surface area contributed by atoms with E-state index in [4.69, 9.17) is 0 Å². The van der Waals surface area contributed by atoms with E-state index in [2.05, 4.69) is 28.4 Å². The first-order chi connectivity index (χ1) is 13.9. The molecule has 29 heavy (non-hydrogen) atoms. The summed E-state index contributed by atoms with van der Waals surface area (Å²) < 4.78 is 0. The first-order valence-electron chi connectivity index (χ1n) is 9.78. The van der Waals surface area contributed by atoms with Crippen molar-refractivity contribution in [1.29, 1.82) is 5.26 Å². The topological polar surface area (TPSA) is 76.4 Å². The predicted octanol–water partition coefficient (Wildman–Crippen LogP) is 2.87. The third-order valence-corrected chi connectivity index (χ3v) is 5.31. The van der Waals surface area contributed by atoms with Gasteiger partial charge < -0.3 is 10.2 Å². The molecule has 0 radical (unpaired) electrons. The molecule has 1 aliphatic heterocycles. The van der Waals surface area contributed by atoms with Crippen molar-refractivity contribution < 1.29 is 9.59 Å². The quantitative estimate of drug-likeness (QED) is 0.797.